The molecule has 4 aromatic rings. The molecule has 0 saturated carbocycles. The van der Waals surface area contributed by atoms with Crippen LogP contribution in [0.2, 0.25) is 0 Å². The molecule has 5 heteroatoms. The molecule has 1 saturated heterocycles. The highest BCUT2D eigenvalue weighted by Gasteiger charge is 2.53. The minimum absolute atomic E-state index is 0.148. The van der Waals surface area contributed by atoms with Crippen LogP contribution >= 0.6 is 0 Å². The Morgan fingerprint density at radius 3 is 2.12 bits per heavy atom. The molecule has 0 spiro atoms. The standard InChI is InChI=1S/C38H43NO4/c1-37(31-12-8-5-9-13-31)23-20-30-26-34(43-27-28-10-6-4-7-11-28)18-19-35(30)38(37,40)32-14-16-33(17-15-32)39-24-21-29(22-25-39)36(41-2)42-3/h4-19,26,29,36,40H,20-25,27H2,1-3H3. The van der Waals surface area contributed by atoms with Crippen molar-refractivity contribution in [2.45, 2.75) is 56.5 Å². The summed E-state index contributed by atoms with van der Waals surface area (Å²) in [6.45, 7) is 4.63. The van der Waals surface area contributed by atoms with E-state index < -0.39 is 11.0 Å². The predicted molar refractivity (Wildman–Crippen MR) is 172 cm³/mol. The summed E-state index contributed by atoms with van der Waals surface area (Å²) >= 11 is 0. The van der Waals surface area contributed by atoms with Gasteiger partial charge in [-0.05, 0) is 77.8 Å². The SMILES string of the molecule is COC(OC)C1CCN(c2ccc(C3(O)c4ccc(OCc5ccccc5)cc4CCC3(C)c3ccccc3)cc2)CC1. The molecule has 1 aliphatic heterocycles. The van der Waals surface area contributed by atoms with Crippen LogP contribution in [0.4, 0.5) is 5.69 Å². The van der Waals surface area contributed by atoms with Crippen molar-refractivity contribution in [2.24, 2.45) is 5.92 Å². The largest absolute Gasteiger partial charge is 0.489 e. The minimum atomic E-state index is -1.21. The molecule has 0 aromatic heterocycles. The van der Waals surface area contributed by atoms with Crippen molar-refractivity contribution < 1.29 is 19.3 Å². The van der Waals surface area contributed by atoms with Gasteiger partial charge in [-0.2, -0.15) is 0 Å². The van der Waals surface area contributed by atoms with Gasteiger partial charge in [0.15, 0.2) is 6.29 Å². The highest BCUT2D eigenvalue weighted by atomic mass is 16.7. The Hall–Kier alpha value is -3.64. The van der Waals surface area contributed by atoms with E-state index in [0.717, 1.165) is 72.3 Å². The van der Waals surface area contributed by atoms with E-state index in [-0.39, 0.29) is 6.29 Å². The monoisotopic (exact) mass is 577 g/mol. The Kier molecular flexibility index (Phi) is 8.58. The fourth-order valence-electron chi connectivity index (χ4n) is 7.28. The minimum Gasteiger partial charge on any atom is -0.489 e. The molecule has 0 amide bonds. The van der Waals surface area contributed by atoms with Crippen LogP contribution in [-0.2, 0) is 33.5 Å². The molecule has 1 N–H and O–H groups in total. The van der Waals surface area contributed by atoms with E-state index in [1.165, 1.54) is 5.69 Å². The van der Waals surface area contributed by atoms with Gasteiger partial charge in [0, 0.05) is 44.3 Å². The zero-order valence-electron chi connectivity index (χ0n) is 25.5. The summed E-state index contributed by atoms with van der Waals surface area (Å²) in [5.41, 5.74) is 4.74. The van der Waals surface area contributed by atoms with Crippen molar-refractivity contribution in [1.29, 1.82) is 0 Å². The Balaban J connectivity index is 1.31. The van der Waals surface area contributed by atoms with Gasteiger partial charge in [0.2, 0.25) is 0 Å². The van der Waals surface area contributed by atoms with Gasteiger partial charge in [-0.3, -0.25) is 0 Å². The second kappa shape index (κ2) is 12.5. The van der Waals surface area contributed by atoms with Crippen LogP contribution in [0.15, 0.2) is 103 Å². The Morgan fingerprint density at radius 2 is 1.47 bits per heavy atom. The summed E-state index contributed by atoms with van der Waals surface area (Å²) < 4.78 is 17.2. The van der Waals surface area contributed by atoms with Gasteiger partial charge in [-0.1, -0.05) is 85.8 Å². The Bertz CT molecular complexity index is 1480. The number of fused-ring (bicyclic) bond motifs is 1. The zero-order valence-corrected chi connectivity index (χ0v) is 25.5. The van der Waals surface area contributed by atoms with Gasteiger partial charge in [0.1, 0.15) is 18.0 Å². The van der Waals surface area contributed by atoms with E-state index in [0.29, 0.717) is 12.5 Å². The van der Waals surface area contributed by atoms with Crippen LogP contribution in [0.5, 0.6) is 5.75 Å². The molecule has 1 fully saturated rings. The average Bonchev–Trinajstić information content (AvgIpc) is 3.07. The van der Waals surface area contributed by atoms with E-state index >= 15 is 0 Å². The molecule has 2 atom stereocenters. The van der Waals surface area contributed by atoms with Crippen molar-refractivity contribution in [2.75, 3.05) is 32.2 Å². The van der Waals surface area contributed by atoms with Crippen molar-refractivity contribution in [3.05, 3.63) is 131 Å². The first-order valence-electron chi connectivity index (χ1n) is 15.5. The number of benzene rings is 4. The van der Waals surface area contributed by atoms with Crippen LogP contribution in [0.3, 0.4) is 0 Å². The second-order valence-corrected chi connectivity index (χ2v) is 12.2. The third-order valence-corrected chi connectivity index (χ3v) is 9.86. The topological polar surface area (TPSA) is 51.2 Å². The summed E-state index contributed by atoms with van der Waals surface area (Å²) in [5, 5.41) is 13.0. The molecule has 4 aromatic carbocycles. The predicted octanol–water partition coefficient (Wildman–Crippen LogP) is 7.24. The number of nitrogens with zero attached hydrogens (tertiary/aromatic N) is 1. The number of aryl methyl sites for hydroxylation is 1. The van der Waals surface area contributed by atoms with Gasteiger partial charge >= 0.3 is 0 Å². The van der Waals surface area contributed by atoms with E-state index in [2.05, 4.69) is 84.6 Å². The number of hydrogen-bond donors (Lipinski definition) is 1. The third kappa shape index (κ3) is 5.58. The first-order chi connectivity index (χ1) is 21.0. The lowest BCUT2D eigenvalue weighted by atomic mass is 9.56. The lowest BCUT2D eigenvalue weighted by molar-refractivity contribution is -0.141. The summed E-state index contributed by atoms with van der Waals surface area (Å²) in [6, 6.07) is 35.5. The number of hydrogen-bond acceptors (Lipinski definition) is 5. The summed E-state index contributed by atoms with van der Waals surface area (Å²) in [6.07, 6.45) is 3.57. The van der Waals surface area contributed by atoms with Crippen molar-refractivity contribution >= 4 is 5.69 Å². The molecule has 2 unspecified atom stereocenters. The third-order valence-electron chi connectivity index (χ3n) is 9.86. The number of rotatable bonds is 9. The molecule has 6 rings (SSSR count). The van der Waals surface area contributed by atoms with Gasteiger partial charge in [0.25, 0.3) is 0 Å². The molecule has 5 nitrogen and oxygen atoms in total. The Labute approximate surface area is 256 Å². The molecular weight excluding hydrogens is 534 g/mol. The molecular formula is C38H43NO4. The van der Waals surface area contributed by atoms with Crippen LogP contribution in [0, 0.1) is 5.92 Å². The van der Waals surface area contributed by atoms with Crippen molar-refractivity contribution in [1.82, 2.24) is 0 Å². The number of piperidine rings is 1. The van der Waals surface area contributed by atoms with E-state index in [1.807, 2.05) is 30.3 Å². The van der Waals surface area contributed by atoms with E-state index in [4.69, 9.17) is 14.2 Å². The van der Waals surface area contributed by atoms with Crippen LogP contribution < -0.4 is 9.64 Å². The van der Waals surface area contributed by atoms with Crippen molar-refractivity contribution in [3.63, 3.8) is 0 Å². The number of ether oxygens (including phenoxy) is 3. The normalized spacial score (nSPS) is 22.4. The van der Waals surface area contributed by atoms with Gasteiger partial charge in [-0.15, -0.1) is 0 Å². The summed E-state index contributed by atoms with van der Waals surface area (Å²) in [4.78, 5) is 2.42. The number of anilines is 1. The molecule has 43 heavy (non-hydrogen) atoms. The van der Waals surface area contributed by atoms with Gasteiger partial charge in [0.05, 0.1) is 0 Å². The van der Waals surface area contributed by atoms with Crippen LogP contribution in [0.25, 0.3) is 0 Å². The summed E-state index contributed by atoms with van der Waals surface area (Å²) in [5.74, 6) is 1.23. The first kappa shape index (κ1) is 29.4. The molecule has 224 valence electrons. The smallest absolute Gasteiger partial charge is 0.159 e. The molecule has 1 aliphatic carbocycles. The van der Waals surface area contributed by atoms with Crippen LogP contribution in [-0.4, -0.2) is 38.7 Å². The number of aliphatic hydroxyl groups is 1. The first-order valence-corrected chi connectivity index (χ1v) is 15.5. The van der Waals surface area contributed by atoms with E-state index in [9.17, 15) is 5.11 Å². The quantitative estimate of drug-likeness (QED) is 0.213. The maximum absolute atomic E-state index is 13.0. The summed E-state index contributed by atoms with van der Waals surface area (Å²) in [7, 11) is 3.43. The maximum Gasteiger partial charge on any atom is 0.159 e. The molecule has 0 bridgehead atoms. The second-order valence-electron chi connectivity index (χ2n) is 12.2. The number of methoxy groups -OCH3 is 2. The fourth-order valence-corrected chi connectivity index (χ4v) is 7.28. The lowest BCUT2D eigenvalue weighted by Crippen LogP contribution is -2.51. The highest BCUT2D eigenvalue weighted by molar-refractivity contribution is 5.56. The average molecular weight is 578 g/mol. The molecule has 2 aliphatic rings. The highest BCUT2D eigenvalue weighted by Crippen LogP contribution is 2.54. The molecule has 1 heterocycles. The van der Waals surface area contributed by atoms with Gasteiger partial charge < -0.3 is 24.2 Å². The van der Waals surface area contributed by atoms with Crippen LogP contribution in [0.1, 0.15) is 54.0 Å². The maximum atomic E-state index is 13.0. The Morgan fingerprint density at radius 1 is 0.814 bits per heavy atom. The van der Waals surface area contributed by atoms with Crippen molar-refractivity contribution in [3.8, 4) is 5.75 Å². The van der Waals surface area contributed by atoms with E-state index in [1.54, 1.807) is 14.2 Å². The zero-order chi connectivity index (χ0) is 29.9. The fraction of sp³-hybridized carbons (Fsp3) is 0.368. The lowest BCUT2D eigenvalue weighted by Gasteiger charge is -2.50. The molecule has 0 radical (unpaired) electrons. The van der Waals surface area contributed by atoms with Gasteiger partial charge in [-0.25, -0.2) is 0 Å².